The second-order valence-corrected chi connectivity index (χ2v) is 3.38. The molecule has 1 heterocycles. The molecule has 76 valence electrons. The molecule has 0 N–H and O–H groups in total. The van der Waals surface area contributed by atoms with Crippen molar-refractivity contribution in [3.8, 4) is 0 Å². The maximum absolute atomic E-state index is 4.34. The van der Waals surface area contributed by atoms with Gasteiger partial charge in [0.1, 0.15) is 6.67 Å². The molecule has 0 atom stereocenters. The van der Waals surface area contributed by atoms with E-state index in [0.717, 1.165) is 11.4 Å². The molecule has 0 unspecified atom stereocenters. The minimum absolute atomic E-state index is 0.554. The maximum atomic E-state index is 4.34. The molecule has 15 heavy (non-hydrogen) atoms. The van der Waals surface area contributed by atoms with E-state index in [2.05, 4.69) is 27.1 Å². The van der Waals surface area contributed by atoms with Crippen molar-refractivity contribution in [3.05, 3.63) is 35.9 Å². The third-order valence-corrected chi connectivity index (χ3v) is 2.25. The fraction of sp³-hybridized carbons (Fsp3) is 0.250. The van der Waals surface area contributed by atoms with Gasteiger partial charge < -0.3 is 0 Å². The van der Waals surface area contributed by atoms with Crippen LogP contribution in [0, 0.1) is 0 Å². The van der Waals surface area contributed by atoms with Crippen LogP contribution in [0.4, 0.5) is 0 Å². The topological polar surface area (TPSA) is 37.1 Å². The van der Waals surface area contributed by atoms with Crippen LogP contribution in [0.2, 0.25) is 0 Å². The van der Waals surface area contributed by atoms with E-state index in [0.29, 0.717) is 13.2 Å². The standard InChI is InChI=1S/C12H13N3/c1-10-12(15-9-14-10)8-13-7-11-5-3-2-4-6-11/h2-6,8H,7,9H2,1H3. The van der Waals surface area contributed by atoms with Crippen LogP contribution >= 0.6 is 0 Å². The summed E-state index contributed by atoms with van der Waals surface area (Å²) in [5.74, 6) is 0. The number of hydrogen-bond donors (Lipinski definition) is 0. The summed E-state index contributed by atoms with van der Waals surface area (Å²) in [6.45, 7) is 3.21. The Labute approximate surface area is 89.3 Å². The Balaban J connectivity index is 1.94. The van der Waals surface area contributed by atoms with Gasteiger partial charge in [-0.1, -0.05) is 30.3 Å². The summed E-state index contributed by atoms with van der Waals surface area (Å²) in [5, 5.41) is 0. The predicted molar refractivity (Wildman–Crippen MR) is 64.0 cm³/mol. The van der Waals surface area contributed by atoms with Crippen molar-refractivity contribution in [3.63, 3.8) is 0 Å². The minimum Gasteiger partial charge on any atom is -0.286 e. The number of hydrogen-bond acceptors (Lipinski definition) is 3. The van der Waals surface area contributed by atoms with Crippen molar-refractivity contribution in [1.29, 1.82) is 0 Å². The van der Waals surface area contributed by atoms with E-state index in [4.69, 9.17) is 0 Å². The molecule has 0 fully saturated rings. The average molecular weight is 199 g/mol. The van der Waals surface area contributed by atoms with Crippen molar-refractivity contribution < 1.29 is 0 Å². The van der Waals surface area contributed by atoms with Crippen LogP contribution in [0.15, 0.2) is 45.3 Å². The molecule has 0 aromatic heterocycles. The van der Waals surface area contributed by atoms with Crippen LogP contribution in [0.5, 0.6) is 0 Å². The van der Waals surface area contributed by atoms with Gasteiger partial charge in [0.15, 0.2) is 0 Å². The Morgan fingerprint density at radius 2 is 2.07 bits per heavy atom. The van der Waals surface area contributed by atoms with Crippen molar-refractivity contribution in [1.82, 2.24) is 0 Å². The van der Waals surface area contributed by atoms with Crippen LogP contribution in [-0.4, -0.2) is 24.3 Å². The van der Waals surface area contributed by atoms with E-state index in [1.165, 1.54) is 5.56 Å². The highest BCUT2D eigenvalue weighted by atomic mass is 15.0. The number of nitrogens with zero attached hydrogens (tertiary/aromatic N) is 3. The molecular formula is C12H13N3. The van der Waals surface area contributed by atoms with Gasteiger partial charge >= 0.3 is 0 Å². The summed E-state index contributed by atoms with van der Waals surface area (Å²) in [7, 11) is 0. The fourth-order valence-corrected chi connectivity index (χ4v) is 1.37. The lowest BCUT2D eigenvalue weighted by atomic mass is 10.2. The molecule has 3 heteroatoms. The lowest BCUT2D eigenvalue weighted by Gasteiger charge is -1.94. The van der Waals surface area contributed by atoms with E-state index in [9.17, 15) is 0 Å². The quantitative estimate of drug-likeness (QED) is 0.669. The fourth-order valence-electron chi connectivity index (χ4n) is 1.37. The number of benzene rings is 1. The van der Waals surface area contributed by atoms with Gasteiger partial charge in [-0.25, -0.2) is 0 Å². The Kier molecular flexibility index (Phi) is 3.02. The van der Waals surface area contributed by atoms with E-state index in [1.807, 2.05) is 25.1 Å². The second-order valence-electron chi connectivity index (χ2n) is 3.38. The van der Waals surface area contributed by atoms with Gasteiger partial charge in [0.05, 0.1) is 18.0 Å². The van der Waals surface area contributed by atoms with E-state index in [1.54, 1.807) is 6.21 Å². The lowest BCUT2D eigenvalue weighted by molar-refractivity contribution is 1.08. The first-order valence-corrected chi connectivity index (χ1v) is 4.96. The van der Waals surface area contributed by atoms with E-state index < -0.39 is 0 Å². The minimum atomic E-state index is 0.554. The van der Waals surface area contributed by atoms with Crippen LogP contribution < -0.4 is 0 Å². The Morgan fingerprint density at radius 1 is 1.27 bits per heavy atom. The zero-order valence-corrected chi connectivity index (χ0v) is 8.72. The molecule has 0 bridgehead atoms. The van der Waals surface area contributed by atoms with Crippen molar-refractivity contribution in [2.24, 2.45) is 15.0 Å². The highest BCUT2D eigenvalue weighted by Crippen LogP contribution is 2.00. The summed E-state index contributed by atoms with van der Waals surface area (Å²) in [6, 6.07) is 10.2. The molecule has 0 spiro atoms. The van der Waals surface area contributed by atoms with Crippen molar-refractivity contribution >= 4 is 17.6 Å². The lowest BCUT2D eigenvalue weighted by Crippen LogP contribution is -2.07. The SMILES string of the molecule is CC1=NCN=C1C=NCc1ccccc1. The first-order valence-electron chi connectivity index (χ1n) is 4.96. The Hall–Kier alpha value is -1.77. The Bertz CT molecular complexity index is 416. The van der Waals surface area contributed by atoms with Gasteiger partial charge in [-0.05, 0) is 12.5 Å². The molecule has 2 rings (SSSR count). The molecule has 0 amide bonds. The molecule has 0 saturated heterocycles. The first-order chi connectivity index (χ1) is 7.36. The monoisotopic (exact) mass is 199 g/mol. The number of rotatable bonds is 3. The zero-order valence-electron chi connectivity index (χ0n) is 8.72. The Morgan fingerprint density at radius 3 is 2.73 bits per heavy atom. The molecule has 0 saturated carbocycles. The molecule has 0 aliphatic carbocycles. The maximum Gasteiger partial charge on any atom is 0.130 e. The largest absolute Gasteiger partial charge is 0.286 e. The summed E-state index contributed by atoms with van der Waals surface area (Å²) < 4.78 is 0. The van der Waals surface area contributed by atoms with Crippen molar-refractivity contribution in [2.75, 3.05) is 6.67 Å². The third-order valence-electron chi connectivity index (χ3n) is 2.25. The molecule has 1 aliphatic heterocycles. The van der Waals surface area contributed by atoms with E-state index in [-0.39, 0.29) is 0 Å². The van der Waals surface area contributed by atoms with Crippen LogP contribution in [0.3, 0.4) is 0 Å². The highest BCUT2D eigenvalue weighted by molar-refractivity contribution is 6.62. The number of aliphatic imine (C=N–C) groups is 3. The highest BCUT2D eigenvalue weighted by Gasteiger charge is 2.04. The predicted octanol–water partition coefficient (Wildman–Crippen LogP) is 2.13. The van der Waals surface area contributed by atoms with Gasteiger partial charge in [0, 0.05) is 6.21 Å². The van der Waals surface area contributed by atoms with Crippen LogP contribution in [-0.2, 0) is 6.54 Å². The smallest absolute Gasteiger partial charge is 0.130 e. The molecule has 1 aromatic carbocycles. The van der Waals surface area contributed by atoms with Gasteiger partial charge in [-0.15, -0.1) is 0 Å². The average Bonchev–Trinajstić information content (AvgIpc) is 2.66. The molecule has 0 radical (unpaired) electrons. The summed E-state index contributed by atoms with van der Waals surface area (Å²) in [6.07, 6.45) is 1.80. The van der Waals surface area contributed by atoms with Gasteiger partial charge in [0.2, 0.25) is 0 Å². The van der Waals surface area contributed by atoms with Crippen LogP contribution in [0.1, 0.15) is 12.5 Å². The summed E-state index contributed by atoms with van der Waals surface area (Å²) in [5.41, 5.74) is 3.10. The molecule has 1 aliphatic rings. The van der Waals surface area contributed by atoms with Gasteiger partial charge in [-0.2, -0.15) is 0 Å². The third kappa shape index (κ3) is 2.59. The van der Waals surface area contributed by atoms with Gasteiger partial charge in [0.25, 0.3) is 0 Å². The zero-order chi connectivity index (χ0) is 10.5. The summed E-state index contributed by atoms with van der Waals surface area (Å²) in [4.78, 5) is 12.7. The van der Waals surface area contributed by atoms with Gasteiger partial charge in [-0.3, -0.25) is 15.0 Å². The first kappa shape index (κ1) is 9.77. The normalized spacial score (nSPS) is 15.5. The molecule has 1 aromatic rings. The summed E-state index contributed by atoms with van der Waals surface area (Å²) >= 11 is 0. The molecular weight excluding hydrogens is 186 g/mol. The second kappa shape index (κ2) is 4.64. The molecule has 3 nitrogen and oxygen atoms in total. The van der Waals surface area contributed by atoms with Crippen molar-refractivity contribution in [2.45, 2.75) is 13.5 Å². The van der Waals surface area contributed by atoms with E-state index >= 15 is 0 Å². The van der Waals surface area contributed by atoms with Crippen LogP contribution in [0.25, 0.3) is 0 Å².